The third-order valence-corrected chi connectivity index (χ3v) is 2.99. The molecule has 0 spiro atoms. The van der Waals surface area contributed by atoms with Gasteiger partial charge in [0.05, 0.1) is 5.92 Å². The van der Waals surface area contributed by atoms with Crippen LogP contribution in [-0.4, -0.2) is 19.0 Å². The van der Waals surface area contributed by atoms with Gasteiger partial charge in [0.25, 0.3) is 0 Å². The van der Waals surface area contributed by atoms with E-state index in [1.54, 1.807) is 0 Å². The van der Waals surface area contributed by atoms with Crippen molar-refractivity contribution >= 4 is 11.6 Å². The lowest BCUT2D eigenvalue weighted by Gasteiger charge is -2.21. The zero-order valence-corrected chi connectivity index (χ0v) is 9.62. The van der Waals surface area contributed by atoms with Crippen molar-refractivity contribution in [2.45, 2.75) is 19.8 Å². The molecule has 2 rings (SSSR count). The quantitative estimate of drug-likeness (QED) is 0.796. The van der Waals surface area contributed by atoms with Gasteiger partial charge < -0.3 is 10.6 Å². The normalized spacial score (nSPS) is 20.4. The van der Waals surface area contributed by atoms with E-state index in [-0.39, 0.29) is 11.8 Å². The molecule has 1 aliphatic heterocycles. The monoisotopic (exact) mass is 218 g/mol. The molecule has 0 saturated carbocycles. The Labute approximate surface area is 96.2 Å². The van der Waals surface area contributed by atoms with Crippen LogP contribution in [0, 0.1) is 12.8 Å². The molecule has 1 fully saturated rings. The highest BCUT2D eigenvalue weighted by molar-refractivity contribution is 5.92. The number of anilines is 1. The summed E-state index contributed by atoms with van der Waals surface area (Å²) >= 11 is 0. The summed E-state index contributed by atoms with van der Waals surface area (Å²) in [6.45, 7) is 3.88. The van der Waals surface area contributed by atoms with Crippen LogP contribution < -0.4 is 10.6 Å². The third kappa shape index (κ3) is 2.83. The fraction of sp³-hybridized carbons (Fsp3) is 0.462. The van der Waals surface area contributed by atoms with Crippen molar-refractivity contribution in [3.63, 3.8) is 0 Å². The fourth-order valence-electron chi connectivity index (χ4n) is 1.96. The average Bonchev–Trinajstić information content (AvgIpc) is 2.33. The van der Waals surface area contributed by atoms with E-state index < -0.39 is 0 Å². The molecule has 1 heterocycles. The Hall–Kier alpha value is -1.35. The smallest absolute Gasteiger partial charge is 0.228 e. The zero-order valence-electron chi connectivity index (χ0n) is 9.62. The maximum Gasteiger partial charge on any atom is 0.228 e. The Kier molecular flexibility index (Phi) is 3.57. The number of amides is 1. The summed E-state index contributed by atoms with van der Waals surface area (Å²) in [6, 6.07) is 7.91. The topological polar surface area (TPSA) is 41.1 Å². The number of carbonyl (C=O) groups excluding carboxylic acids is 1. The van der Waals surface area contributed by atoms with Crippen molar-refractivity contribution in [2.75, 3.05) is 18.4 Å². The zero-order chi connectivity index (χ0) is 11.4. The van der Waals surface area contributed by atoms with Gasteiger partial charge in [-0.3, -0.25) is 4.79 Å². The van der Waals surface area contributed by atoms with Crippen LogP contribution >= 0.6 is 0 Å². The fourth-order valence-corrected chi connectivity index (χ4v) is 1.96. The summed E-state index contributed by atoms with van der Waals surface area (Å²) in [6.07, 6.45) is 2.08. The van der Waals surface area contributed by atoms with Gasteiger partial charge in [0.2, 0.25) is 5.91 Å². The summed E-state index contributed by atoms with van der Waals surface area (Å²) in [5.74, 6) is 0.256. The summed E-state index contributed by atoms with van der Waals surface area (Å²) in [5, 5.41) is 6.21. The first-order chi connectivity index (χ1) is 7.75. The SMILES string of the molecule is Cc1ccc(NC(=O)[C@H]2CCCNC2)cc1. The van der Waals surface area contributed by atoms with Crippen LogP contribution in [0.2, 0.25) is 0 Å². The molecule has 1 aliphatic rings. The van der Waals surface area contributed by atoms with Gasteiger partial charge >= 0.3 is 0 Å². The van der Waals surface area contributed by atoms with Crippen molar-refractivity contribution in [3.05, 3.63) is 29.8 Å². The van der Waals surface area contributed by atoms with Crippen LogP contribution in [0.15, 0.2) is 24.3 Å². The molecule has 1 saturated heterocycles. The predicted octanol–water partition coefficient (Wildman–Crippen LogP) is 1.93. The van der Waals surface area contributed by atoms with Crippen LogP contribution in [-0.2, 0) is 4.79 Å². The molecular formula is C13H18N2O. The Bertz CT molecular complexity index is 353. The molecule has 0 aliphatic carbocycles. The Balaban J connectivity index is 1.93. The summed E-state index contributed by atoms with van der Waals surface area (Å²) in [5.41, 5.74) is 2.10. The molecule has 86 valence electrons. The molecule has 0 unspecified atom stereocenters. The predicted molar refractivity (Wildman–Crippen MR) is 65.4 cm³/mol. The van der Waals surface area contributed by atoms with E-state index in [9.17, 15) is 4.79 Å². The lowest BCUT2D eigenvalue weighted by atomic mass is 9.99. The molecule has 1 aromatic rings. The molecule has 3 heteroatoms. The standard InChI is InChI=1S/C13H18N2O/c1-10-4-6-12(7-5-10)15-13(16)11-3-2-8-14-9-11/h4-7,11,14H,2-3,8-9H2,1H3,(H,15,16)/t11-/m0/s1. The van der Waals surface area contributed by atoms with Crippen LogP contribution in [0.5, 0.6) is 0 Å². The molecule has 1 amide bonds. The van der Waals surface area contributed by atoms with Gasteiger partial charge in [-0.05, 0) is 38.4 Å². The molecule has 1 aromatic carbocycles. The summed E-state index contributed by atoms with van der Waals surface area (Å²) < 4.78 is 0. The van der Waals surface area contributed by atoms with E-state index >= 15 is 0 Å². The molecule has 3 nitrogen and oxygen atoms in total. The van der Waals surface area contributed by atoms with Gasteiger partial charge in [-0.25, -0.2) is 0 Å². The number of rotatable bonds is 2. The second-order valence-electron chi connectivity index (χ2n) is 4.40. The lowest BCUT2D eigenvalue weighted by molar-refractivity contribution is -0.120. The second-order valence-corrected chi connectivity index (χ2v) is 4.40. The van der Waals surface area contributed by atoms with Gasteiger partial charge in [0, 0.05) is 12.2 Å². The first-order valence-electron chi connectivity index (χ1n) is 5.84. The van der Waals surface area contributed by atoms with Gasteiger partial charge in [0.1, 0.15) is 0 Å². The van der Waals surface area contributed by atoms with Crippen molar-refractivity contribution in [2.24, 2.45) is 5.92 Å². The largest absolute Gasteiger partial charge is 0.326 e. The number of hydrogen-bond acceptors (Lipinski definition) is 2. The van der Waals surface area contributed by atoms with E-state index in [0.717, 1.165) is 31.6 Å². The van der Waals surface area contributed by atoms with Gasteiger partial charge in [-0.1, -0.05) is 17.7 Å². The minimum Gasteiger partial charge on any atom is -0.326 e. The first-order valence-corrected chi connectivity index (χ1v) is 5.84. The second kappa shape index (κ2) is 5.12. The summed E-state index contributed by atoms with van der Waals surface area (Å²) in [7, 11) is 0. The average molecular weight is 218 g/mol. The number of hydrogen-bond donors (Lipinski definition) is 2. The number of benzene rings is 1. The van der Waals surface area contributed by atoms with Gasteiger partial charge in [-0.2, -0.15) is 0 Å². The minimum atomic E-state index is 0.120. The number of piperidine rings is 1. The molecule has 0 radical (unpaired) electrons. The molecule has 0 bridgehead atoms. The maximum atomic E-state index is 11.9. The van der Waals surface area contributed by atoms with Crippen molar-refractivity contribution in [3.8, 4) is 0 Å². The lowest BCUT2D eigenvalue weighted by Crippen LogP contribution is -2.37. The van der Waals surface area contributed by atoms with E-state index in [4.69, 9.17) is 0 Å². The number of aryl methyl sites for hydroxylation is 1. The Morgan fingerprint density at radius 3 is 2.75 bits per heavy atom. The van der Waals surface area contributed by atoms with Crippen LogP contribution in [0.3, 0.4) is 0 Å². The Morgan fingerprint density at radius 2 is 2.12 bits per heavy atom. The maximum absolute atomic E-state index is 11.9. The van der Waals surface area contributed by atoms with Gasteiger partial charge in [-0.15, -0.1) is 0 Å². The van der Waals surface area contributed by atoms with Gasteiger partial charge in [0.15, 0.2) is 0 Å². The van der Waals surface area contributed by atoms with Crippen molar-refractivity contribution in [1.29, 1.82) is 0 Å². The molecule has 16 heavy (non-hydrogen) atoms. The molecule has 2 N–H and O–H groups in total. The molecular weight excluding hydrogens is 200 g/mol. The number of carbonyl (C=O) groups is 1. The van der Waals surface area contributed by atoms with Crippen LogP contribution in [0.25, 0.3) is 0 Å². The van der Waals surface area contributed by atoms with E-state index in [1.165, 1.54) is 5.56 Å². The van der Waals surface area contributed by atoms with E-state index in [2.05, 4.69) is 10.6 Å². The summed E-state index contributed by atoms with van der Waals surface area (Å²) in [4.78, 5) is 11.9. The highest BCUT2D eigenvalue weighted by Crippen LogP contribution is 2.14. The third-order valence-electron chi connectivity index (χ3n) is 2.99. The van der Waals surface area contributed by atoms with Crippen LogP contribution in [0.4, 0.5) is 5.69 Å². The first kappa shape index (κ1) is 11.1. The van der Waals surface area contributed by atoms with E-state index in [1.807, 2.05) is 31.2 Å². The van der Waals surface area contributed by atoms with Crippen LogP contribution in [0.1, 0.15) is 18.4 Å². The highest BCUT2D eigenvalue weighted by atomic mass is 16.1. The number of nitrogens with one attached hydrogen (secondary N) is 2. The molecule has 1 atom stereocenters. The Morgan fingerprint density at radius 1 is 1.38 bits per heavy atom. The van der Waals surface area contributed by atoms with E-state index in [0.29, 0.717) is 0 Å². The minimum absolute atomic E-state index is 0.120. The van der Waals surface area contributed by atoms with Crippen molar-refractivity contribution < 1.29 is 4.79 Å². The van der Waals surface area contributed by atoms with Crippen molar-refractivity contribution in [1.82, 2.24) is 5.32 Å². The molecule has 0 aromatic heterocycles. The highest BCUT2D eigenvalue weighted by Gasteiger charge is 2.20.